The molecule has 2 heteroatoms. The Hall–Kier alpha value is -2.35. The predicted octanol–water partition coefficient (Wildman–Crippen LogP) is 5.09. The molecule has 0 aromatic heterocycles. The molecule has 1 heterocycles. The Kier molecular flexibility index (Phi) is 4.08. The van der Waals surface area contributed by atoms with Gasteiger partial charge in [-0.05, 0) is 23.6 Å². The van der Waals surface area contributed by atoms with Crippen LogP contribution in [0.4, 0.5) is 0 Å². The van der Waals surface area contributed by atoms with Crippen molar-refractivity contribution >= 4 is 12.0 Å². The molecular weight excluding hydrogens is 284 g/mol. The van der Waals surface area contributed by atoms with Crippen molar-refractivity contribution in [3.8, 4) is 0 Å². The quantitative estimate of drug-likeness (QED) is 0.722. The number of benzene rings is 2. The molecule has 1 aliphatic rings. The molecule has 2 aromatic carbocycles. The van der Waals surface area contributed by atoms with E-state index in [9.17, 15) is 4.79 Å². The highest BCUT2D eigenvalue weighted by atomic mass is 16.5. The number of hydrogen-bond donors (Lipinski definition) is 0. The molecule has 23 heavy (non-hydrogen) atoms. The Morgan fingerprint density at radius 3 is 2.52 bits per heavy atom. The molecule has 0 spiro atoms. The molecule has 118 valence electrons. The maximum absolute atomic E-state index is 12.2. The zero-order valence-electron chi connectivity index (χ0n) is 13.9. The van der Waals surface area contributed by atoms with Crippen molar-refractivity contribution in [2.75, 3.05) is 0 Å². The van der Waals surface area contributed by atoms with Crippen LogP contribution in [-0.4, -0.2) is 5.97 Å². The van der Waals surface area contributed by atoms with Crippen LogP contribution < -0.4 is 0 Å². The van der Waals surface area contributed by atoms with E-state index in [0.717, 1.165) is 16.7 Å². The van der Waals surface area contributed by atoms with Crippen LogP contribution in [0.25, 0.3) is 6.08 Å². The minimum absolute atomic E-state index is 0.155. The van der Waals surface area contributed by atoms with Gasteiger partial charge in [0.05, 0.1) is 6.42 Å². The van der Waals surface area contributed by atoms with Crippen molar-refractivity contribution in [3.05, 3.63) is 76.9 Å². The summed E-state index contributed by atoms with van der Waals surface area (Å²) in [5, 5.41) is 0. The molecule has 1 saturated heterocycles. The number of rotatable bonds is 2. The van der Waals surface area contributed by atoms with Crippen LogP contribution in [0.15, 0.2) is 60.2 Å². The highest BCUT2D eigenvalue weighted by molar-refractivity contribution is 5.77. The van der Waals surface area contributed by atoms with E-state index in [1.807, 2.05) is 30.3 Å². The fourth-order valence-electron chi connectivity index (χ4n) is 3.18. The zero-order chi connectivity index (χ0) is 16.4. The second-order valence-corrected chi connectivity index (χ2v) is 6.76. The van der Waals surface area contributed by atoms with E-state index in [1.54, 1.807) is 0 Å². The molecule has 2 aromatic rings. The summed E-state index contributed by atoms with van der Waals surface area (Å²) in [7, 11) is 0. The van der Waals surface area contributed by atoms with Crippen LogP contribution in [0.3, 0.4) is 0 Å². The number of carbonyl (C=O) groups excluding carboxylic acids is 1. The van der Waals surface area contributed by atoms with Gasteiger partial charge in [-0.15, -0.1) is 0 Å². The van der Waals surface area contributed by atoms with Gasteiger partial charge in [0.1, 0.15) is 6.10 Å². The summed E-state index contributed by atoms with van der Waals surface area (Å²) in [5.41, 5.74) is 4.23. The predicted molar refractivity (Wildman–Crippen MR) is 92.8 cm³/mol. The molecule has 3 rings (SSSR count). The van der Waals surface area contributed by atoms with E-state index in [-0.39, 0.29) is 17.5 Å². The second-order valence-electron chi connectivity index (χ2n) is 6.76. The third-order valence-electron chi connectivity index (χ3n) is 4.55. The van der Waals surface area contributed by atoms with Gasteiger partial charge in [0, 0.05) is 5.41 Å². The number of hydrogen-bond acceptors (Lipinski definition) is 2. The summed E-state index contributed by atoms with van der Waals surface area (Å²) in [6.45, 7) is 6.37. The van der Waals surface area contributed by atoms with E-state index in [2.05, 4.69) is 51.1 Å². The van der Waals surface area contributed by atoms with Crippen molar-refractivity contribution in [1.82, 2.24) is 0 Å². The van der Waals surface area contributed by atoms with Crippen molar-refractivity contribution in [2.45, 2.75) is 33.3 Å². The van der Waals surface area contributed by atoms with Gasteiger partial charge in [-0.1, -0.05) is 80.1 Å². The highest BCUT2D eigenvalue weighted by Gasteiger charge is 2.42. The molecule has 0 amide bonds. The molecule has 0 radical (unpaired) electrons. The molecule has 0 aliphatic carbocycles. The summed E-state index contributed by atoms with van der Waals surface area (Å²) in [5.74, 6) is -0.155. The smallest absolute Gasteiger partial charge is 0.310 e. The molecule has 1 fully saturated rings. The first-order chi connectivity index (χ1) is 11.0. The van der Waals surface area contributed by atoms with Gasteiger partial charge in [0.2, 0.25) is 0 Å². The molecule has 1 aliphatic heterocycles. The SMILES string of the molecule is Cc1cccc(C2OC(=O)C/C(=C\c3ccccc3)C2(C)C)c1. The van der Waals surface area contributed by atoms with Crippen LogP contribution in [0.2, 0.25) is 0 Å². The number of esters is 1. The van der Waals surface area contributed by atoms with Crippen LogP contribution in [0.1, 0.15) is 43.1 Å². The monoisotopic (exact) mass is 306 g/mol. The average Bonchev–Trinajstić information content (AvgIpc) is 2.52. The van der Waals surface area contributed by atoms with E-state index in [1.165, 1.54) is 5.56 Å². The summed E-state index contributed by atoms with van der Waals surface area (Å²) in [6.07, 6.45) is 2.23. The number of aryl methyl sites for hydroxylation is 1. The fraction of sp³-hybridized carbons (Fsp3) is 0.286. The lowest BCUT2D eigenvalue weighted by Gasteiger charge is -2.40. The lowest BCUT2D eigenvalue weighted by molar-refractivity contribution is -0.159. The normalized spacial score (nSPS) is 22.0. The van der Waals surface area contributed by atoms with Crippen molar-refractivity contribution in [1.29, 1.82) is 0 Å². The molecule has 0 N–H and O–H groups in total. The Bertz CT molecular complexity index is 741. The molecular formula is C21H22O2. The van der Waals surface area contributed by atoms with E-state index < -0.39 is 0 Å². The lowest BCUT2D eigenvalue weighted by atomic mass is 9.72. The van der Waals surface area contributed by atoms with Crippen molar-refractivity contribution in [3.63, 3.8) is 0 Å². The van der Waals surface area contributed by atoms with Crippen LogP contribution in [0.5, 0.6) is 0 Å². The Labute approximate surface area is 137 Å². The van der Waals surface area contributed by atoms with Gasteiger partial charge in [0.15, 0.2) is 0 Å². The highest BCUT2D eigenvalue weighted by Crippen LogP contribution is 2.48. The summed E-state index contributed by atoms with van der Waals surface area (Å²) < 4.78 is 5.73. The number of ether oxygens (including phenoxy) is 1. The minimum atomic E-state index is -0.251. The van der Waals surface area contributed by atoms with Gasteiger partial charge in [-0.3, -0.25) is 4.79 Å². The molecule has 2 nitrogen and oxygen atoms in total. The van der Waals surface area contributed by atoms with Crippen LogP contribution in [-0.2, 0) is 9.53 Å². The van der Waals surface area contributed by atoms with Gasteiger partial charge < -0.3 is 4.74 Å². The first-order valence-electron chi connectivity index (χ1n) is 7.99. The second kappa shape index (κ2) is 6.04. The largest absolute Gasteiger partial charge is 0.456 e. The van der Waals surface area contributed by atoms with Gasteiger partial charge in [-0.25, -0.2) is 0 Å². The average molecular weight is 306 g/mol. The third-order valence-corrected chi connectivity index (χ3v) is 4.55. The van der Waals surface area contributed by atoms with Crippen molar-refractivity contribution in [2.24, 2.45) is 5.41 Å². The fourth-order valence-corrected chi connectivity index (χ4v) is 3.18. The van der Waals surface area contributed by atoms with E-state index in [0.29, 0.717) is 6.42 Å². The molecule has 1 atom stereocenters. The maximum atomic E-state index is 12.2. The van der Waals surface area contributed by atoms with Crippen LogP contribution in [0, 0.1) is 12.3 Å². The minimum Gasteiger partial charge on any atom is -0.456 e. The molecule has 1 unspecified atom stereocenters. The summed E-state index contributed by atoms with van der Waals surface area (Å²) in [4.78, 5) is 12.2. The first-order valence-corrected chi connectivity index (χ1v) is 7.99. The van der Waals surface area contributed by atoms with E-state index in [4.69, 9.17) is 4.74 Å². The number of carbonyl (C=O) groups is 1. The van der Waals surface area contributed by atoms with Gasteiger partial charge in [-0.2, -0.15) is 0 Å². The van der Waals surface area contributed by atoms with Crippen molar-refractivity contribution < 1.29 is 9.53 Å². The third kappa shape index (κ3) is 3.21. The number of cyclic esters (lactones) is 1. The Balaban J connectivity index is 2.02. The standard InChI is InChI=1S/C21H22O2/c1-15-8-7-11-17(12-15)20-21(2,3)18(14-19(22)23-20)13-16-9-5-4-6-10-16/h4-13,20H,14H2,1-3H3/b18-13+. The van der Waals surface area contributed by atoms with E-state index >= 15 is 0 Å². The molecule has 0 bridgehead atoms. The van der Waals surface area contributed by atoms with Crippen LogP contribution >= 0.6 is 0 Å². The zero-order valence-corrected chi connectivity index (χ0v) is 13.9. The van der Waals surface area contributed by atoms with Gasteiger partial charge >= 0.3 is 5.97 Å². The summed E-state index contributed by atoms with van der Waals surface area (Å²) >= 11 is 0. The lowest BCUT2D eigenvalue weighted by Crippen LogP contribution is -2.35. The Morgan fingerprint density at radius 1 is 1.09 bits per heavy atom. The summed E-state index contributed by atoms with van der Waals surface area (Å²) in [6, 6.07) is 18.4. The first kappa shape index (κ1) is 15.5. The van der Waals surface area contributed by atoms with Gasteiger partial charge in [0.25, 0.3) is 0 Å². The maximum Gasteiger partial charge on any atom is 0.310 e. The Morgan fingerprint density at radius 2 is 1.83 bits per heavy atom. The topological polar surface area (TPSA) is 26.3 Å². The molecule has 0 saturated carbocycles.